The lowest BCUT2D eigenvalue weighted by atomic mass is 10.1. The van der Waals surface area contributed by atoms with Gasteiger partial charge in [-0.05, 0) is 42.7 Å². The molecule has 2 fully saturated rings. The Kier molecular flexibility index (Phi) is 5.76. The zero-order valence-corrected chi connectivity index (χ0v) is 16.0. The SMILES string of the molecule is O=C([C@@H]1CCCN1C(=O)OCc1ccccc1)N(c1ccc(F)cc1)C1COC1. The van der Waals surface area contributed by atoms with Gasteiger partial charge in [-0.25, -0.2) is 9.18 Å². The first-order chi connectivity index (χ1) is 14.1. The summed E-state index contributed by atoms with van der Waals surface area (Å²) in [5.74, 6) is -0.544. The Balaban J connectivity index is 1.47. The van der Waals surface area contributed by atoms with Crippen LogP contribution in [0.25, 0.3) is 0 Å². The van der Waals surface area contributed by atoms with Gasteiger partial charge in [0.2, 0.25) is 5.91 Å². The minimum Gasteiger partial charge on any atom is -0.445 e. The highest BCUT2D eigenvalue weighted by Gasteiger charge is 2.41. The number of carbonyl (C=O) groups is 2. The summed E-state index contributed by atoms with van der Waals surface area (Å²) >= 11 is 0. The molecular weight excluding hydrogens is 375 g/mol. The number of nitrogens with zero attached hydrogens (tertiary/aromatic N) is 2. The van der Waals surface area contributed by atoms with Crippen LogP contribution < -0.4 is 4.90 Å². The fraction of sp³-hybridized carbons (Fsp3) is 0.364. The number of hydrogen-bond donors (Lipinski definition) is 0. The zero-order valence-electron chi connectivity index (χ0n) is 16.0. The first-order valence-corrected chi connectivity index (χ1v) is 9.77. The normalized spacial score (nSPS) is 18.9. The van der Waals surface area contributed by atoms with Gasteiger partial charge in [0.05, 0.1) is 19.3 Å². The molecule has 2 saturated heterocycles. The quantitative estimate of drug-likeness (QED) is 0.775. The van der Waals surface area contributed by atoms with Crippen molar-refractivity contribution in [1.29, 1.82) is 0 Å². The molecule has 0 aromatic heterocycles. The van der Waals surface area contributed by atoms with Crippen molar-refractivity contribution in [3.8, 4) is 0 Å². The van der Waals surface area contributed by atoms with Crippen molar-refractivity contribution in [2.24, 2.45) is 0 Å². The van der Waals surface area contributed by atoms with Gasteiger partial charge in [0, 0.05) is 12.2 Å². The number of amides is 2. The van der Waals surface area contributed by atoms with E-state index in [9.17, 15) is 14.0 Å². The van der Waals surface area contributed by atoms with E-state index < -0.39 is 12.1 Å². The third-order valence-electron chi connectivity index (χ3n) is 5.31. The highest BCUT2D eigenvalue weighted by Crippen LogP contribution is 2.27. The van der Waals surface area contributed by atoms with Crippen molar-refractivity contribution in [2.75, 3.05) is 24.7 Å². The highest BCUT2D eigenvalue weighted by molar-refractivity contribution is 5.99. The molecule has 0 unspecified atom stereocenters. The molecule has 2 heterocycles. The average molecular weight is 398 g/mol. The second kappa shape index (κ2) is 8.61. The summed E-state index contributed by atoms with van der Waals surface area (Å²) in [5.41, 5.74) is 1.50. The van der Waals surface area contributed by atoms with Crippen molar-refractivity contribution in [3.63, 3.8) is 0 Å². The van der Waals surface area contributed by atoms with E-state index in [1.165, 1.54) is 17.0 Å². The molecule has 29 heavy (non-hydrogen) atoms. The Hall–Kier alpha value is -2.93. The summed E-state index contributed by atoms with van der Waals surface area (Å²) < 4.78 is 24.0. The second-order valence-corrected chi connectivity index (χ2v) is 7.27. The van der Waals surface area contributed by atoms with Crippen molar-refractivity contribution in [1.82, 2.24) is 4.90 Å². The summed E-state index contributed by atoms with van der Waals surface area (Å²) in [6.45, 7) is 1.49. The lowest BCUT2D eigenvalue weighted by Crippen LogP contribution is -2.57. The van der Waals surface area contributed by atoms with Gasteiger partial charge in [-0.1, -0.05) is 30.3 Å². The Morgan fingerprint density at radius 2 is 1.83 bits per heavy atom. The minimum atomic E-state index is -0.594. The number of halogens is 1. The topological polar surface area (TPSA) is 59.1 Å². The third-order valence-corrected chi connectivity index (χ3v) is 5.31. The molecule has 0 radical (unpaired) electrons. The van der Waals surface area contributed by atoms with Gasteiger partial charge in [0.25, 0.3) is 0 Å². The summed E-state index contributed by atoms with van der Waals surface area (Å²) in [4.78, 5) is 29.2. The maximum atomic E-state index is 13.4. The molecule has 2 aliphatic heterocycles. The Morgan fingerprint density at radius 3 is 2.48 bits per heavy atom. The average Bonchev–Trinajstić information content (AvgIpc) is 3.20. The van der Waals surface area contributed by atoms with Crippen molar-refractivity contribution < 1.29 is 23.5 Å². The summed E-state index contributed by atoms with van der Waals surface area (Å²) in [7, 11) is 0. The summed E-state index contributed by atoms with van der Waals surface area (Å²) in [5, 5.41) is 0. The summed E-state index contributed by atoms with van der Waals surface area (Å²) in [6.07, 6.45) is 0.813. The number of anilines is 1. The first kappa shape index (κ1) is 19.4. The smallest absolute Gasteiger partial charge is 0.410 e. The van der Waals surface area contributed by atoms with Crippen LogP contribution >= 0.6 is 0 Å². The van der Waals surface area contributed by atoms with E-state index in [4.69, 9.17) is 9.47 Å². The molecule has 2 amide bonds. The lowest BCUT2D eigenvalue weighted by Gasteiger charge is -2.39. The second-order valence-electron chi connectivity index (χ2n) is 7.27. The van der Waals surface area contributed by atoms with Crippen LogP contribution in [0.2, 0.25) is 0 Å². The Bertz CT molecular complexity index is 855. The zero-order chi connectivity index (χ0) is 20.2. The lowest BCUT2D eigenvalue weighted by molar-refractivity contribution is -0.125. The van der Waals surface area contributed by atoms with Crippen molar-refractivity contribution in [2.45, 2.75) is 31.5 Å². The van der Waals surface area contributed by atoms with Gasteiger partial charge >= 0.3 is 6.09 Å². The molecule has 7 heteroatoms. The molecule has 1 atom stereocenters. The molecule has 0 spiro atoms. The molecule has 4 rings (SSSR count). The van der Waals surface area contributed by atoms with Gasteiger partial charge in [0.1, 0.15) is 18.5 Å². The highest BCUT2D eigenvalue weighted by atomic mass is 19.1. The number of hydrogen-bond acceptors (Lipinski definition) is 4. The monoisotopic (exact) mass is 398 g/mol. The maximum absolute atomic E-state index is 13.4. The van der Waals surface area contributed by atoms with Crippen LogP contribution in [0, 0.1) is 5.82 Å². The maximum Gasteiger partial charge on any atom is 0.410 e. The van der Waals surface area contributed by atoms with E-state index >= 15 is 0 Å². The van der Waals surface area contributed by atoms with Gasteiger partial charge in [0.15, 0.2) is 0 Å². The Morgan fingerprint density at radius 1 is 1.10 bits per heavy atom. The number of rotatable bonds is 5. The van der Waals surface area contributed by atoms with E-state index in [2.05, 4.69) is 0 Å². The van der Waals surface area contributed by atoms with Gasteiger partial charge < -0.3 is 14.4 Å². The van der Waals surface area contributed by atoms with Crippen molar-refractivity contribution in [3.05, 3.63) is 66.0 Å². The molecule has 6 nitrogen and oxygen atoms in total. The fourth-order valence-electron chi connectivity index (χ4n) is 3.70. The molecule has 0 N–H and O–H groups in total. The molecule has 0 bridgehead atoms. The van der Waals surface area contributed by atoms with Crippen LogP contribution in [0.5, 0.6) is 0 Å². The third kappa shape index (κ3) is 4.24. The predicted molar refractivity (Wildman–Crippen MR) is 105 cm³/mol. The fourth-order valence-corrected chi connectivity index (χ4v) is 3.70. The molecular formula is C22H23FN2O4. The summed E-state index contributed by atoms with van der Waals surface area (Å²) in [6, 6.07) is 14.5. The molecule has 152 valence electrons. The predicted octanol–water partition coefficient (Wildman–Crippen LogP) is 3.36. The van der Waals surface area contributed by atoms with Gasteiger partial charge in [-0.3, -0.25) is 9.69 Å². The van der Waals surface area contributed by atoms with Gasteiger partial charge in [-0.15, -0.1) is 0 Å². The van der Waals surface area contributed by atoms with Crippen LogP contribution in [0.15, 0.2) is 54.6 Å². The van der Waals surface area contributed by atoms with Crippen LogP contribution in [-0.4, -0.2) is 48.7 Å². The van der Waals surface area contributed by atoms with Crippen LogP contribution in [0.3, 0.4) is 0 Å². The van der Waals surface area contributed by atoms with Crippen LogP contribution in [0.4, 0.5) is 14.9 Å². The molecule has 0 aliphatic carbocycles. The number of benzene rings is 2. The number of likely N-dealkylation sites (tertiary alicyclic amines) is 1. The van der Waals surface area contributed by atoms with Gasteiger partial charge in [-0.2, -0.15) is 0 Å². The molecule has 2 aromatic rings. The number of carbonyl (C=O) groups excluding carboxylic acids is 2. The van der Waals surface area contributed by atoms with Crippen LogP contribution in [-0.2, 0) is 20.9 Å². The van der Waals surface area contributed by atoms with E-state index in [1.807, 2.05) is 30.3 Å². The first-order valence-electron chi connectivity index (χ1n) is 9.77. The number of ether oxygens (including phenoxy) is 2. The van der Waals surface area contributed by atoms with Crippen molar-refractivity contribution >= 4 is 17.7 Å². The van der Waals surface area contributed by atoms with E-state index in [1.54, 1.807) is 17.0 Å². The van der Waals surface area contributed by atoms with E-state index in [0.717, 1.165) is 12.0 Å². The molecule has 0 saturated carbocycles. The largest absolute Gasteiger partial charge is 0.445 e. The standard InChI is InChI=1S/C22H23FN2O4/c23-17-8-10-18(11-9-17)25(19-14-28-15-19)21(26)20-7-4-12-24(20)22(27)29-13-16-5-2-1-3-6-16/h1-3,5-6,8-11,19-20H,4,7,12-15H2/t20-/m0/s1. The minimum absolute atomic E-state index is 0.115. The van der Waals surface area contributed by atoms with Crippen LogP contribution in [0.1, 0.15) is 18.4 Å². The van der Waals surface area contributed by atoms with E-state index in [0.29, 0.717) is 31.9 Å². The van der Waals surface area contributed by atoms with E-state index in [-0.39, 0.29) is 24.4 Å². The molecule has 2 aliphatic rings. The Labute approximate surface area is 168 Å². The molecule has 2 aromatic carbocycles.